The highest BCUT2D eigenvalue weighted by Crippen LogP contribution is 2.30. The third-order valence-electron chi connectivity index (χ3n) is 3.58. The van der Waals surface area contributed by atoms with Crippen LogP contribution in [0.4, 0.5) is 11.4 Å². The molecule has 2 rings (SSSR count). The summed E-state index contributed by atoms with van der Waals surface area (Å²) in [4.78, 5) is -0.371. The molecule has 0 fully saturated rings. The fourth-order valence-corrected chi connectivity index (χ4v) is 4.55. The summed E-state index contributed by atoms with van der Waals surface area (Å²) >= 11 is 0. The summed E-state index contributed by atoms with van der Waals surface area (Å²) in [5.41, 5.74) is 6.20. The Hall–Kier alpha value is -2.26. The number of benzene rings is 2. The van der Waals surface area contributed by atoms with E-state index in [-0.39, 0.29) is 26.9 Å². The van der Waals surface area contributed by atoms with Crippen LogP contribution in [0.15, 0.2) is 52.3 Å². The van der Waals surface area contributed by atoms with Gasteiger partial charge in [-0.25, -0.2) is 16.8 Å². The van der Waals surface area contributed by atoms with E-state index in [1.807, 2.05) is 0 Å². The van der Waals surface area contributed by atoms with Crippen molar-refractivity contribution in [2.24, 2.45) is 0 Å². The monoisotopic (exact) mass is 384 g/mol. The smallest absolute Gasteiger partial charge is 0.265 e. The molecule has 0 aliphatic heterocycles. The molecule has 0 unspecified atom stereocenters. The zero-order valence-electron chi connectivity index (χ0n) is 14.1. The second-order valence-electron chi connectivity index (χ2n) is 5.60. The van der Waals surface area contributed by atoms with E-state index in [9.17, 15) is 16.8 Å². The molecule has 2 aromatic carbocycles. The number of sulfone groups is 1. The Balaban J connectivity index is 2.58. The first-order valence-electron chi connectivity index (χ1n) is 7.39. The number of hydrogen-bond acceptors (Lipinski definition) is 6. The first-order valence-corrected chi connectivity index (χ1v) is 10.4. The molecule has 2 aromatic rings. The maximum atomic E-state index is 12.7. The Bertz CT molecular complexity index is 983. The average molecular weight is 384 g/mol. The third kappa shape index (κ3) is 3.88. The molecular formula is C16H20N2O5S2. The van der Waals surface area contributed by atoms with Gasteiger partial charge in [0.15, 0.2) is 9.84 Å². The number of nitrogen functional groups attached to an aromatic ring is 1. The maximum Gasteiger partial charge on any atom is 0.265 e. The Labute approximate surface area is 147 Å². The molecule has 0 amide bonds. The Morgan fingerprint density at radius 1 is 1.04 bits per heavy atom. The number of para-hydroxylation sites is 2. The van der Waals surface area contributed by atoms with E-state index in [0.717, 1.165) is 6.07 Å². The summed E-state index contributed by atoms with van der Waals surface area (Å²) in [5, 5.41) is -0.686. The molecule has 3 N–H and O–H groups in total. The molecule has 0 heterocycles. The van der Waals surface area contributed by atoms with E-state index in [0.29, 0.717) is 0 Å². The van der Waals surface area contributed by atoms with Gasteiger partial charge in [0.25, 0.3) is 10.0 Å². The molecule has 7 nitrogen and oxygen atoms in total. The lowest BCUT2D eigenvalue weighted by molar-refractivity contribution is 0.402. The summed E-state index contributed by atoms with van der Waals surface area (Å²) < 4.78 is 57.6. The van der Waals surface area contributed by atoms with E-state index < -0.39 is 25.1 Å². The Kier molecular flexibility index (Phi) is 5.28. The van der Waals surface area contributed by atoms with Gasteiger partial charge in [0, 0.05) is 0 Å². The highest BCUT2D eigenvalue weighted by Gasteiger charge is 2.26. The van der Waals surface area contributed by atoms with E-state index in [2.05, 4.69) is 4.72 Å². The quantitative estimate of drug-likeness (QED) is 0.738. The van der Waals surface area contributed by atoms with Crippen molar-refractivity contribution in [2.45, 2.75) is 28.9 Å². The number of ether oxygens (including phenoxy) is 1. The van der Waals surface area contributed by atoms with Crippen molar-refractivity contribution in [2.75, 3.05) is 17.6 Å². The summed E-state index contributed by atoms with van der Waals surface area (Å²) in [5.74, 6) is 0.0321. The molecule has 136 valence electrons. The van der Waals surface area contributed by atoms with Crippen LogP contribution in [-0.4, -0.2) is 29.2 Å². The second-order valence-corrected chi connectivity index (χ2v) is 9.75. The van der Waals surface area contributed by atoms with Crippen molar-refractivity contribution in [1.82, 2.24) is 0 Å². The van der Waals surface area contributed by atoms with Crippen molar-refractivity contribution >= 4 is 31.2 Å². The summed E-state index contributed by atoms with van der Waals surface area (Å²) in [6.45, 7) is 3.05. The number of methoxy groups -OCH3 is 1. The molecule has 0 radical (unpaired) electrons. The molecule has 9 heteroatoms. The molecular weight excluding hydrogens is 364 g/mol. The zero-order chi connectivity index (χ0) is 18.8. The number of anilines is 2. The summed E-state index contributed by atoms with van der Waals surface area (Å²) in [6.07, 6.45) is 0. The lowest BCUT2D eigenvalue weighted by atomic mass is 10.3. The van der Waals surface area contributed by atoms with Crippen molar-refractivity contribution < 1.29 is 21.6 Å². The van der Waals surface area contributed by atoms with Crippen LogP contribution >= 0.6 is 0 Å². The molecule has 0 spiro atoms. The predicted molar refractivity (Wildman–Crippen MR) is 97.0 cm³/mol. The fourth-order valence-electron chi connectivity index (χ4n) is 2.11. The van der Waals surface area contributed by atoms with Crippen LogP contribution in [0.25, 0.3) is 0 Å². The standard InChI is InChI=1S/C16H20N2O5S2/c1-11(2)24(19,20)12-8-9-15(23-3)16(10-12)25(21,22)18-14-7-5-4-6-13(14)17/h4-11,18H,17H2,1-3H3. The number of hydrogen-bond donors (Lipinski definition) is 2. The Morgan fingerprint density at radius 3 is 2.24 bits per heavy atom. The minimum absolute atomic E-state index is 0.0321. The first kappa shape index (κ1) is 19.1. The third-order valence-corrected chi connectivity index (χ3v) is 7.12. The molecule has 0 saturated heterocycles. The van der Waals surface area contributed by atoms with Crippen LogP contribution in [-0.2, 0) is 19.9 Å². The van der Waals surface area contributed by atoms with Gasteiger partial charge in [-0.05, 0) is 44.2 Å². The normalized spacial score (nSPS) is 12.2. The largest absolute Gasteiger partial charge is 0.495 e. The number of rotatable bonds is 6. The SMILES string of the molecule is COc1ccc(S(=O)(=O)C(C)C)cc1S(=O)(=O)Nc1ccccc1N. The van der Waals surface area contributed by atoms with Crippen LogP contribution in [0, 0.1) is 0 Å². The fraction of sp³-hybridized carbons (Fsp3) is 0.250. The Morgan fingerprint density at radius 2 is 1.68 bits per heavy atom. The highest BCUT2D eigenvalue weighted by molar-refractivity contribution is 7.93. The van der Waals surface area contributed by atoms with Crippen LogP contribution in [0.5, 0.6) is 5.75 Å². The number of nitrogens with one attached hydrogen (secondary N) is 1. The molecule has 0 atom stereocenters. The number of nitrogens with two attached hydrogens (primary N) is 1. The van der Waals surface area contributed by atoms with Gasteiger partial charge in [-0.15, -0.1) is 0 Å². The molecule has 0 bridgehead atoms. The average Bonchev–Trinajstić information content (AvgIpc) is 2.56. The van der Waals surface area contributed by atoms with E-state index in [1.54, 1.807) is 18.2 Å². The molecule has 25 heavy (non-hydrogen) atoms. The zero-order valence-corrected chi connectivity index (χ0v) is 15.7. The molecule has 0 aliphatic carbocycles. The van der Waals surface area contributed by atoms with Gasteiger partial charge in [-0.2, -0.15) is 0 Å². The van der Waals surface area contributed by atoms with Crippen LogP contribution < -0.4 is 15.2 Å². The van der Waals surface area contributed by atoms with Gasteiger partial charge in [-0.3, -0.25) is 4.72 Å². The lowest BCUT2D eigenvalue weighted by Crippen LogP contribution is -2.18. The molecule has 0 aliphatic rings. The van der Waals surface area contributed by atoms with Gasteiger partial charge in [-0.1, -0.05) is 12.1 Å². The molecule has 0 saturated carbocycles. The second kappa shape index (κ2) is 6.93. The van der Waals surface area contributed by atoms with Gasteiger partial charge in [0.05, 0.1) is 28.6 Å². The van der Waals surface area contributed by atoms with Gasteiger partial charge in [0.2, 0.25) is 0 Å². The van der Waals surface area contributed by atoms with Crippen LogP contribution in [0.3, 0.4) is 0 Å². The van der Waals surface area contributed by atoms with Crippen LogP contribution in [0.2, 0.25) is 0 Å². The van der Waals surface area contributed by atoms with E-state index in [4.69, 9.17) is 10.5 Å². The van der Waals surface area contributed by atoms with Gasteiger partial charge >= 0.3 is 0 Å². The van der Waals surface area contributed by atoms with Gasteiger partial charge in [0.1, 0.15) is 10.6 Å². The summed E-state index contributed by atoms with van der Waals surface area (Å²) in [6, 6.07) is 10.1. The topological polar surface area (TPSA) is 116 Å². The van der Waals surface area contributed by atoms with Crippen molar-refractivity contribution in [1.29, 1.82) is 0 Å². The minimum atomic E-state index is -4.11. The van der Waals surface area contributed by atoms with E-state index in [1.165, 1.54) is 39.2 Å². The maximum absolute atomic E-state index is 12.7. The lowest BCUT2D eigenvalue weighted by Gasteiger charge is -2.15. The molecule has 0 aromatic heterocycles. The van der Waals surface area contributed by atoms with Gasteiger partial charge < -0.3 is 10.5 Å². The van der Waals surface area contributed by atoms with Crippen molar-refractivity contribution in [3.05, 3.63) is 42.5 Å². The van der Waals surface area contributed by atoms with E-state index >= 15 is 0 Å². The first-order chi connectivity index (χ1) is 11.6. The minimum Gasteiger partial charge on any atom is -0.495 e. The van der Waals surface area contributed by atoms with Crippen molar-refractivity contribution in [3.63, 3.8) is 0 Å². The van der Waals surface area contributed by atoms with Crippen molar-refractivity contribution in [3.8, 4) is 5.75 Å². The summed E-state index contributed by atoms with van der Waals surface area (Å²) in [7, 11) is -6.44. The highest BCUT2D eigenvalue weighted by atomic mass is 32.2. The predicted octanol–water partition coefficient (Wildman–Crippen LogP) is 2.26. The van der Waals surface area contributed by atoms with Crippen LogP contribution in [0.1, 0.15) is 13.8 Å². The number of sulfonamides is 1.